The number of aliphatic hydroxyl groups is 1. The average molecular weight is 717 g/mol. The van der Waals surface area contributed by atoms with E-state index in [1.807, 2.05) is 23.4 Å². The van der Waals surface area contributed by atoms with E-state index in [0.717, 1.165) is 59.7 Å². The van der Waals surface area contributed by atoms with Gasteiger partial charge in [0.25, 0.3) is 0 Å². The van der Waals surface area contributed by atoms with E-state index in [0.29, 0.717) is 56.9 Å². The van der Waals surface area contributed by atoms with Gasteiger partial charge in [-0.1, -0.05) is 26.0 Å². The van der Waals surface area contributed by atoms with Crippen LogP contribution in [0.15, 0.2) is 42.7 Å². The summed E-state index contributed by atoms with van der Waals surface area (Å²) < 4.78 is 11.3. The molecule has 0 saturated heterocycles. The first-order valence-electron chi connectivity index (χ1n) is 18.8. The monoisotopic (exact) mass is 716 g/mol. The molecule has 10 heteroatoms. The van der Waals surface area contributed by atoms with Crippen molar-refractivity contribution in [3.05, 3.63) is 58.9 Å². The van der Waals surface area contributed by atoms with Gasteiger partial charge in [-0.25, -0.2) is 14.8 Å². The minimum absolute atomic E-state index is 0.0491. The Labute approximate surface area is 307 Å². The molecule has 3 aromatic rings. The Hall–Kier alpha value is -3.50. The van der Waals surface area contributed by atoms with Crippen LogP contribution in [0.2, 0.25) is 0 Å². The molecule has 1 aromatic carbocycles. The highest BCUT2D eigenvalue weighted by Gasteiger charge is 2.51. The molecule has 276 valence electrons. The van der Waals surface area contributed by atoms with Crippen molar-refractivity contribution in [2.24, 2.45) is 11.3 Å². The fourth-order valence-electron chi connectivity index (χ4n) is 8.47. The second-order valence-electron chi connectivity index (χ2n) is 16.4. The number of rotatable bonds is 12. The molecule has 9 nitrogen and oxygen atoms in total. The maximum Gasteiger partial charge on any atom is 0.407 e. The van der Waals surface area contributed by atoms with Crippen LogP contribution in [0.5, 0.6) is 5.75 Å². The van der Waals surface area contributed by atoms with Crippen LogP contribution in [0.4, 0.5) is 10.6 Å². The lowest BCUT2D eigenvalue weighted by Gasteiger charge is -2.55. The number of thiazole rings is 1. The molecular formula is C41H56N4O5S. The zero-order valence-corrected chi connectivity index (χ0v) is 32.1. The Balaban J connectivity index is 1.18. The number of hydrogen-bond donors (Lipinski definition) is 2. The Kier molecular flexibility index (Phi) is 11.1. The smallest absolute Gasteiger partial charge is 0.407 e. The summed E-state index contributed by atoms with van der Waals surface area (Å²) in [6.07, 6.45) is 12.7. The summed E-state index contributed by atoms with van der Waals surface area (Å²) >= 11 is 1.70. The fraction of sp³-hybridized carbons (Fsp3) is 0.610. The van der Waals surface area contributed by atoms with Gasteiger partial charge in [0.05, 0.1) is 22.6 Å². The molecule has 2 bridgehead atoms. The van der Waals surface area contributed by atoms with E-state index < -0.39 is 11.7 Å². The second-order valence-corrected chi connectivity index (χ2v) is 17.4. The Bertz CT molecular complexity index is 1660. The molecule has 0 atom stereocenters. The molecule has 0 radical (unpaired) electrons. The third-order valence-corrected chi connectivity index (χ3v) is 13.1. The van der Waals surface area contributed by atoms with Gasteiger partial charge in [-0.2, -0.15) is 0 Å². The van der Waals surface area contributed by atoms with Crippen molar-refractivity contribution in [2.75, 3.05) is 25.1 Å². The van der Waals surface area contributed by atoms with Gasteiger partial charge in [-0.15, -0.1) is 11.3 Å². The highest BCUT2D eigenvalue weighted by atomic mass is 32.1. The van der Waals surface area contributed by atoms with Crippen LogP contribution in [0.3, 0.4) is 0 Å². The number of carbonyl (C=O) groups excluding carboxylic acids is 2. The summed E-state index contributed by atoms with van der Waals surface area (Å²) in [6, 6.07) is 10.8. The van der Waals surface area contributed by atoms with Crippen LogP contribution >= 0.6 is 11.3 Å². The van der Waals surface area contributed by atoms with Crippen LogP contribution in [0, 0.1) is 18.3 Å². The first-order valence-corrected chi connectivity index (χ1v) is 19.7. The number of nitrogens with zero attached hydrogens (tertiary/aromatic N) is 3. The number of nitrogens with one attached hydrogen (secondary N) is 1. The van der Waals surface area contributed by atoms with Gasteiger partial charge < -0.3 is 19.9 Å². The third kappa shape index (κ3) is 8.60. The predicted octanol–water partition coefficient (Wildman–Crippen LogP) is 8.72. The topological polar surface area (TPSA) is 114 Å². The number of hydrogen-bond acceptors (Lipinski definition) is 8. The zero-order valence-electron chi connectivity index (χ0n) is 31.3. The van der Waals surface area contributed by atoms with E-state index in [-0.39, 0.29) is 28.8 Å². The van der Waals surface area contributed by atoms with E-state index in [9.17, 15) is 14.7 Å². The Morgan fingerprint density at radius 1 is 1.04 bits per heavy atom. The third-order valence-electron chi connectivity index (χ3n) is 11.8. The average Bonchev–Trinajstić information content (AvgIpc) is 3.62. The lowest BCUT2D eigenvalue weighted by Crippen LogP contribution is -2.52. The van der Waals surface area contributed by atoms with E-state index in [1.165, 1.54) is 11.1 Å². The number of aryl methyl sites for hydroxylation is 1. The number of aromatic nitrogens is 2. The summed E-state index contributed by atoms with van der Waals surface area (Å²) in [4.78, 5) is 39.7. The summed E-state index contributed by atoms with van der Waals surface area (Å²) in [5.41, 5.74) is 3.03. The molecule has 7 rings (SSSR count). The second kappa shape index (κ2) is 15.2. The van der Waals surface area contributed by atoms with Crippen molar-refractivity contribution in [1.82, 2.24) is 15.3 Å². The van der Waals surface area contributed by atoms with Gasteiger partial charge in [-0.3, -0.25) is 9.69 Å². The number of carbonyl (C=O) groups is 2. The molecule has 2 heterocycles. The van der Waals surface area contributed by atoms with Crippen molar-refractivity contribution in [3.63, 3.8) is 0 Å². The van der Waals surface area contributed by atoms with Crippen molar-refractivity contribution < 1.29 is 24.2 Å². The molecule has 4 saturated carbocycles. The summed E-state index contributed by atoms with van der Waals surface area (Å²) in [7, 11) is 1.73. The number of pyridine rings is 1. The van der Waals surface area contributed by atoms with E-state index in [1.54, 1.807) is 32.3 Å². The highest BCUT2D eigenvalue weighted by molar-refractivity contribution is 7.15. The lowest BCUT2D eigenvalue weighted by atomic mass is 9.51. The van der Waals surface area contributed by atoms with Gasteiger partial charge in [0.1, 0.15) is 17.7 Å². The van der Waals surface area contributed by atoms with Crippen molar-refractivity contribution in [1.29, 1.82) is 0 Å². The quantitative estimate of drug-likeness (QED) is 0.193. The number of anilines is 1. The van der Waals surface area contributed by atoms with Gasteiger partial charge in [0.2, 0.25) is 5.91 Å². The summed E-state index contributed by atoms with van der Waals surface area (Å²) in [5, 5.41) is 13.8. The molecule has 0 unspecified atom stereocenters. The van der Waals surface area contributed by atoms with Crippen molar-refractivity contribution in [3.8, 4) is 16.2 Å². The Morgan fingerprint density at radius 2 is 1.75 bits per heavy atom. The first-order chi connectivity index (χ1) is 24.3. The molecule has 4 aliphatic carbocycles. The maximum absolute atomic E-state index is 14.7. The summed E-state index contributed by atoms with van der Waals surface area (Å²) in [6.45, 7) is 10.9. The van der Waals surface area contributed by atoms with Gasteiger partial charge in [-0.05, 0) is 137 Å². The van der Waals surface area contributed by atoms with Gasteiger partial charge in [0, 0.05) is 37.3 Å². The van der Waals surface area contributed by atoms with Crippen LogP contribution in [0.25, 0.3) is 10.4 Å². The van der Waals surface area contributed by atoms with E-state index in [2.05, 4.69) is 55.3 Å². The number of alkyl carbamates (subject to hydrolysis) is 1. The largest absolute Gasteiger partial charge is 0.496 e. The molecule has 51 heavy (non-hydrogen) atoms. The number of ether oxygens (including phenoxy) is 2. The SMILES string of the molecule is COc1ccc(C23CCC(CN(c4cc(-c5cnc(C(C)C)s5)ccn4)C(=O)[C@H]4CC[C@H](OC(=O)NCCC(C)(C)O)CC4)(CC2)CC3)cc1C. The van der Waals surface area contributed by atoms with Crippen molar-refractivity contribution in [2.45, 2.75) is 128 Å². The minimum atomic E-state index is -0.850. The normalized spacial score (nSPS) is 24.7. The predicted molar refractivity (Wildman–Crippen MR) is 202 cm³/mol. The fourth-order valence-corrected chi connectivity index (χ4v) is 9.38. The van der Waals surface area contributed by atoms with Crippen LogP contribution in [-0.4, -0.2) is 59.0 Å². The molecule has 2 N–H and O–H groups in total. The molecule has 2 aromatic heterocycles. The van der Waals surface area contributed by atoms with Gasteiger partial charge >= 0.3 is 6.09 Å². The number of methoxy groups -OCH3 is 1. The molecule has 4 fully saturated rings. The zero-order chi connectivity index (χ0) is 36.4. The lowest BCUT2D eigenvalue weighted by molar-refractivity contribution is -0.124. The minimum Gasteiger partial charge on any atom is -0.496 e. The van der Waals surface area contributed by atoms with E-state index in [4.69, 9.17) is 14.5 Å². The number of amides is 2. The van der Waals surface area contributed by atoms with Crippen LogP contribution in [0.1, 0.15) is 120 Å². The molecule has 0 aliphatic heterocycles. The molecular weight excluding hydrogens is 661 g/mol. The van der Waals surface area contributed by atoms with Crippen LogP contribution < -0.4 is 15.0 Å². The number of fused-ring (bicyclic) bond motifs is 3. The Morgan fingerprint density at radius 3 is 2.35 bits per heavy atom. The molecule has 0 spiro atoms. The first kappa shape index (κ1) is 37.3. The standard InChI is InChI=1S/C41H56N4O5S/c1-27(2)36-44-25-34(51-36)30-13-21-42-35(24-30)45(37(46)29-7-10-32(11-8-29)50-38(47)43-22-20-39(4,5)48)26-40-14-17-41(18-15-40,19-16-40)31-9-12-33(49-6)28(3)23-31/h9,12-13,21,23-25,27,29,32,48H,7-8,10-11,14-20,22,26H2,1-6H3,(H,43,47)/t29-,32-,40?,41?. The molecule has 2 amide bonds. The molecule has 4 aliphatic rings. The highest BCUT2D eigenvalue weighted by Crippen LogP contribution is 2.58. The van der Waals surface area contributed by atoms with E-state index >= 15 is 0 Å². The number of benzene rings is 1. The maximum atomic E-state index is 14.7. The van der Waals surface area contributed by atoms with Crippen LogP contribution in [-0.2, 0) is 14.9 Å². The van der Waals surface area contributed by atoms with Crippen molar-refractivity contribution >= 4 is 29.2 Å². The summed E-state index contributed by atoms with van der Waals surface area (Å²) in [5.74, 6) is 1.97. The van der Waals surface area contributed by atoms with Gasteiger partial charge in [0.15, 0.2) is 0 Å².